The summed E-state index contributed by atoms with van der Waals surface area (Å²) < 4.78 is 87.9. The minimum atomic E-state index is -4.14. The lowest BCUT2D eigenvalue weighted by molar-refractivity contribution is -0.143. The first-order chi connectivity index (χ1) is 33.6. The molecule has 1 fully saturated rings. The van der Waals surface area contributed by atoms with Gasteiger partial charge in [-0.15, -0.1) is 0 Å². The monoisotopic (exact) mass is 1010 g/mol. The van der Waals surface area contributed by atoms with Gasteiger partial charge in [0.25, 0.3) is 32.1 Å². The molecule has 7 rings (SSSR count). The van der Waals surface area contributed by atoms with Crippen LogP contribution in [0.25, 0.3) is 16.0 Å². The number of hydrogen-bond acceptors (Lipinski definition) is 14. The first kappa shape index (κ1) is 51.5. The van der Waals surface area contributed by atoms with E-state index in [2.05, 4.69) is 42.6 Å². The molecule has 0 radical (unpaired) electrons. The molecule has 3 aromatic carbocycles. The van der Waals surface area contributed by atoms with Crippen molar-refractivity contribution in [3.8, 4) is 11.5 Å². The molecule has 3 aliphatic heterocycles. The van der Waals surface area contributed by atoms with Crippen LogP contribution < -0.4 is 25.0 Å². The largest absolute Gasteiger partial charge is 0.491 e. The molecule has 23 heteroatoms. The van der Waals surface area contributed by atoms with Crippen LogP contribution in [-0.2, 0) is 40.9 Å². The smallest absolute Gasteiger partial charge is 0.329 e. The average molecular weight is 1010 g/mol. The highest BCUT2D eigenvalue weighted by atomic mass is 32.2. The van der Waals surface area contributed by atoms with Crippen molar-refractivity contribution in [2.45, 2.75) is 50.8 Å². The third kappa shape index (κ3) is 13.9. The van der Waals surface area contributed by atoms with E-state index in [0.29, 0.717) is 54.6 Å². The van der Waals surface area contributed by atoms with Crippen LogP contribution in [0.15, 0.2) is 94.8 Å². The van der Waals surface area contributed by atoms with Gasteiger partial charge in [-0.1, -0.05) is 29.4 Å². The second-order valence-corrected chi connectivity index (χ2v) is 20.1. The fourth-order valence-electron chi connectivity index (χ4n) is 8.96. The molecule has 0 saturated carbocycles. The van der Waals surface area contributed by atoms with Crippen molar-refractivity contribution in [1.82, 2.24) is 15.5 Å². The molecule has 3 heterocycles. The van der Waals surface area contributed by atoms with E-state index in [-0.39, 0.29) is 74.8 Å². The number of carboxylic acids is 1. The molecule has 0 spiro atoms. The fraction of sp³-hybridized carbons (Fsp3) is 0.426. The van der Waals surface area contributed by atoms with Crippen LogP contribution in [0.2, 0.25) is 0 Å². The Kier molecular flexibility index (Phi) is 17.3. The predicted octanol–water partition coefficient (Wildman–Crippen LogP) is 4.77. The van der Waals surface area contributed by atoms with Gasteiger partial charge in [0.1, 0.15) is 30.5 Å². The number of carboxylic acid groups (broad SMARTS) is 1. The van der Waals surface area contributed by atoms with Crippen LogP contribution in [0.1, 0.15) is 69.5 Å². The summed E-state index contributed by atoms with van der Waals surface area (Å²) in [7, 11) is -8.27. The summed E-state index contributed by atoms with van der Waals surface area (Å²) in [5.74, 6) is -1.30. The summed E-state index contributed by atoms with van der Waals surface area (Å²) in [6, 6.07) is 17.4. The van der Waals surface area contributed by atoms with Gasteiger partial charge >= 0.3 is 5.97 Å². The highest BCUT2D eigenvalue weighted by Crippen LogP contribution is 2.48. The number of hydrogen-bond donors (Lipinski definition) is 5. The first-order valence-corrected chi connectivity index (χ1v) is 26.0. The summed E-state index contributed by atoms with van der Waals surface area (Å²) in [6.45, 7) is 1.57. The summed E-state index contributed by atoms with van der Waals surface area (Å²) >= 11 is 0. The number of aliphatic carboxylic acids is 1. The number of rotatable bonds is 24. The Hall–Kier alpha value is -6.30. The second-order valence-electron chi connectivity index (χ2n) is 16.9. The van der Waals surface area contributed by atoms with Gasteiger partial charge in [0, 0.05) is 77.2 Å². The maximum atomic E-state index is 14.2. The number of anilines is 1. The number of piperidine rings is 1. The van der Waals surface area contributed by atoms with Crippen LogP contribution in [0.3, 0.4) is 0 Å². The Bertz CT molecular complexity index is 2830. The van der Waals surface area contributed by atoms with Crippen LogP contribution in [-0.4, -0.2) is 143 Å². The van der Waals surface area contributed by atoms with E-state index in [9.17, 15) is 40.3 Å². The highest BCUT2D eigenvalue weighted by Gasteiger charge is 2.36. The number of allylic oxidation sites excluding steroid dienone is 1. The van der Waals surface area contributed by atoms with Gasteiger partial charge in [0.2, 0.25) is 0 Å². The summed E-state index contributed by atoms with van der Waals surface area (Å²) in [4.78, 5) is 45.0. The minimum Gasteiger partial charge on any atom is -0.491 e. The topological polar surface area (TPSA) is 296 Å². The van der Waals surface area contributed by atoms with Crippen molar-refractivity contribution >= 4 is 49.3 Å². The van der Waals surface area contributed by atoms with Crippen molar-refractivity contribution in [2.75, 3.05) is 82.1 Å². The van der Waals surface area contributed by atoms with E-state index < -0.39 is 44.9 Å². The SMILES string of the molecule is [N-]=[N+]=NC(COc1cccc(C(=O)NCCNC(=O)c2ccccc2C2=C3C=C4CCCN(CCCS(=O)(=O)O)C4C=C3Oc3cc4c(cc32)CCCN4CCCS(=O)(=O)O)c1)OCCOCC(=O)O. The van der Waals surface area contributed by atoms with Crippen molar-refractivity contribution in [3.63, 3.8) is 0 Å². The molecule has 1 aliphatic carbocycles. The number of fused-ring (bicyclic) bond motifs is 4. The summed E-state index contributed by atoms with van der Waals surface area (Å²) in [5, 5.41) is 18.0. The van der Waals surface area contributed by atoms with Gasteiger partial charge in [0.15, 0.2) is 6.23 Å². The number of ether oxygens (including phenoxy) is 4. The Morgan fingerprint density at radius 2 is 1.63 bits per heavy atom. The molecule has 3 aromatic rings. The summed E-state index contributed by atoms with van der Waals surface area (Å²) in [5.41, 5.74) is 15.5. The third-order valence-corrected chi connectivity index (χ3v) is 13.6. The number of nitrogens with one attached hydrogen (secondary N) is 2. The van der Waals surface area contributed by atoms with Crippen molar-refractivity contribution in [3.05, 3.63) is 128 Å². The van der Waals surface area contributed by atoms with Crippen molar-refractivity contribution in [1.29, 1.82) is 0 Å². The van der Waals surface area contributed by atoms with Crippen LogP contribution in [0.5, 0.6) is 11.5 Å². The van der Waals surface area contributed by atoms with Crippen molar-refractivity contribution in [2.24, 2.45) is 5.11 Å². The van der Waals surface area contributed by atoms with Crippen LogP contribution in [0, 0.1) is 0 Å². The Morgan fingerprint density at radius 1 is 0.886 bits per heavy atom. The van der Waals surface area contributed by atoms with Gasteiger partial charge in [-0.25, -0.2) is 4.79 Å². The lowest BCUT2D eigenvalue weighted by Crippen LogP contribution is -2.42. The molecule has 4 aliphatic rings. The standard InChI is InChI=1S/C47H55N7O14S2/c48-52-51-43(66-21-20-65-30-44(55)56)29-67-34-11-3-8-33(24-34)46(57)49-14-15-50-47(58)36-13-2-1-12-35(36)45-37-25-31-9-4-16-53(18-6-22-69(59,60)61)39(31)27-41(37)68-42-28-40-32(26-38(42)45)10-5-17-54(40)19-7-23-70(62,63)64/h1-3,8,11-13,24-28,39,43H,4-7,9-10,14-23,29-30H2,(H,49,57)(H,50,58)(H,55,56)(H,59,60,61)(H,62,63,64). The zero-order chi connectivity index (χ0) is 49.8. The van der Waals surface area contributed by atoms with E-state index in [1.807, 2.05) is 24.3 Å². The van der Waals surface area contributed by atoms with Gasteiger partial charge in [0.05, 0.1) is 30.8 Å². The molecule has 2 atom stereocenters. The number of likely N-dealkylation sites (tertiary alicyclic amines) is 1. The zero-order valence-electron chi connectivity index (χ0n) is 38.2. The minimum absolute atomic E-state index is 0.0458. The molecule has 1 saturated heterocycles. The maximum absolute atomic E-state index is 14.2. The molecule has 70 heavy (non-hydrogen) atoms. The highest BCUT2D eigenvalue weighted by molar-refractivity contribution is 7.86. The lowest BCUT2D eigenvalue weighted by Gasteiger charge is -2.40. The van der Waals surface area contributed by atoms with Crippen molar-refractivity contribution < 1.29 is 64.4 Å². The average Bonchev–Trinajstić information content (AvgIpc) is 3.32. The van der Waals surface area contributed by atoms with E-state index in [1.165, 1.54) is 6.07 Å². The Balaban J connectivity index is 1.08. The molecule has 374 valence electrons. The molecule has 2 amide bonds. The molecular formula is C47H55N7O14S2. The van der Waals surface area contributed by atoms with E-state index in [1.54, 1.807) is 30.3 Å². The fourth-order valence-corrected chi connectivity index (χ4v) is 9.95. The number of azide groups is 1. The number of nitrogens with zero attached hydrogens (tertiary/aromatic N) is 5. The number of aryl methyl sites for hydroxylation is 1. The molecule has 21 nitrogen and oxygen atoms in total. The number of benzene rings is 3. The molecule has 0 bridgehead atoms. The molecular weight excluding hydrogens is 951 g/mol. The number of carbonyl (C=O) groups excluding carboxylic acids is 2. The number of carbonyl (C=O) groups is 3. The predicted molar refractivity (Wildman–Crippen MR) is 257 cm³/mol. The lowest BCUT2D eigenvalue weighted by atomic mass is 9.80. The molecule has 0 aromatic heterocycles. The molecule has 5 N–H and O–H groups in total. The quantitative estimate of drug-likeness (QED) is 0.0265. The normalized spacial score (nSPS) is 17.0. The maximum Gasteiger partial charge on any atom is 0.329 e. The Morgan fingerprint density at radius 3 is 2.39 bits per heavy atom. The van der Waals surface area contributed by atoms with E-state index in [0.717, 1.165) is 59.2 Å². The number of amides is 2. The summed E-state index contributed by atoms with van der Waals surface area (Å²) in [6.07, 6.45) is 6.72. The van der Waals surface area contributed by atoms with Crippen LogP contribution >= 0.6 is 0 Å². The second kappa shape index (κ2) is 23.5. The first-order valence-electron chi connectivity index (χ1n) is 22.8. The van der Waals surface area contributed by atoms with E-state index >= 15 is 0 Å². The van der Waals surface area contributed by atoms with Gasteiger partial charge < -0.3 is 39.6 Å². The zero-order valence-corrected chi connectivity index (χ0v) is 39.8. The Labute approximate surface area is 405 Å². The van der Waals surface area contributed by atoms with E-state index in [4.69, 9.17) is 29.6 Å². The molecule has 2 unspecified atom stereocenters. The van der Waals surface area contributed by atoms with Gasteiger partial charge in [-0.2, -0.15) is 16.8 Å². The van der Waals surface area contributed by atoms with Gasteiger partial charge in [-0.05, 0) is 110 Å². The van der Waals surface area contributed by atoms with Crippen LogP contribution in [0.4, 0.5) is 5.69 Å². The van der Waals surface area contributed by atoms with Gasteiger partial charge in [-0.3, -0.25) is 23.6 Å². The third-order valence-electron chi connectivity index (χ3n) is 12.0.